The van der Waals surface area contributed by atoms with Crippen LogP contribution in [0.5, 0.6) is 0 Å². The molecule has 1 aromatic rings. The lowest BCUT2D eigenvalue weighted by Gasteiger charge is -2.13. The number of ether oxygens (including phenoxy) is 1. The summed E-state index contributed by atoms with van der Waals surface area (Å²) in [6.07, 6.45) is 4.20. The standard InChI is InChI=1S/C10H17N3O3S2/c1-16-7-4-3-6(5-7)12-10-8(18(2,14)15)9(11)13-17-10/h6-7,12H,3-5H2,1-2H3,(H2,11,13). The molecule has 18 heavy (non-hydrogen) atoms. The van der Waals surface area contributed by atoms with Gasteiger partial charge in [-0.25, -0.2) is 8.42 Å². The van der Waals surface area contributed by atoms with Crippen LogP contribution in [-0.2, 0) is 14.6 Å². The van der Waals surface area contributed by atoms with Gasteiger partial charge in [0.1, 0.15) is 9.90 Å². The second-order valence-electron chi connectivity index (χ2n) is 4.51. The van der Waals surface area contributed by atoms with E-state index >= 15 is 0 Å². The van der Waals surface area contributed by atoms with Gasteiger partial charge in [0.15, 0.2) is 15.7 Å². The fraction of sp³-hybridized carbons (Fsp3) is 0.700. The molecule has 8 heteroatoms. The molecular weight excluding hydrogens is 274 g/mol. The molecule has 1 aromatic heterocycles. The summed E-state index contributed by atoms with van der Waals surface area (Å²) in [7, 11) is -1.66. The molecule has 102 valence electrons. The lowest BCUT2D eigenvalue weighted by Crippen LogP contribution is -2.18. The van der Waals surface area contributed by atoms with Gasteiger partial charge in [0.2, 0.25) is 0 Å². The zero-order valence-electron chi connectivity index (χ0n) is 10.3. The highest BCUT2D eigenvalue weighted by atomic mass is 32.2. The molecule has 1 heterocycles. The number of rotatable bonds is 4. The predicted molar refractivity (Wildman–Crippen MR) is 71.7 cm³/mol. The van der Waals surface area contributed by atoms with Crippen molar-refractivity contribution in [1.29, 1.82) is 0 Å². The van der Waals surface area contributed by atoms with E-state index in [9.17, 15) is 8.42 Å². The quantitative estimate of drug-likeness (QED) is 0.863. The molecule has 2 rings (SSSR count). The Morgan fingerprint density at radius 3 is 2.78 bits per heavy atom. The van der Waals surface area contributed by atoms with Crippen LogP contribution < -0.4 is 11.1 Å². The minimum atomic E-state index is -3.35. The van der Waals surface area contributed by atoms with E-state index in [1.54, 1.807) is 7.11 Å². The highest BCUT2D eigenvalue weighted by molar-refractivity contribution is 7.91. The number of nitrogens with one attached hydrogen (secondary N) is 1. The van der Waals surface area contributed by atoms with Gasteiger partial charge in [-0.3, -0.25) is 0 Å². The van der Waals surface area contributed by atoms with Crippen molar-refractivity contribution in [3.63, 3.8) is 0 Å². The third kappa shape index (κ3) is 2.76. The predicted octanol–water partition coefficient (Wildman–Crippen LogP) is 1.11. The monoisotopic (exact) mass is 291 g/mol. The summed E-state index contributed by atoms with van der Waals surface area (Å²) in [6.45, 7) is 0. The van der Waals surface area contributed by atoms with Crippen molar-refractivity contribution in [2.45, 2.75) is 36.3 Å². The van der Waals surface area contributed by atoms with Crippen LogP contribution in [0.25, 0.3) is 0 Å². The third-order valence-corrected chi connectivity index (χ3v) is 5.17. The molecule has 6 nitrogen and oxygen atoms in total. The van der Waals surface area contributed by atoms with E-state index in [0.717, 1.165) is 37.1 Å². The van der Waals surface area contributed by atoms with E-state index in [0.29, 0.717) is 5.00 Å². The lowest BCUT2D eigenvalue weighted by atomic mass is 10.2. The summed E-state index contributed by atoms with van der Waals surface area (Å²) >= 11 is 1.09. The summed E-state index contributed by atoms with van der Waals surface area (Å²) in [5, 5.41) is 3.76. The van der Waals surface area contributed by atoms with Crippen LogP contribution in [0.3, 0.4) is 0 Å². The Bertz CT molecular complexity index is 526. The first-order valence-electron chi connectivity index (χ1n) is 5.66. The van der Waals surface area contributed by atoms with Crippen molar-refractivity contribution in [3.8, 4) is 0 Å². The summed E-state index contributed by atoms with van der Waals surface area (Å²) in [5.41, 5.74) is 5.61. The molecule has 2 unspecified atom stereocenters. The van der Waals surface area contributed by atoms with Gasteiger partial charge >= 0.3 is 0 Å². The molecule has 0 spiro atoms. The van der Waals surface area contributed by atoms with Gasteiger partial charge in [0.05, 0.1) is 6.10 Å². The van der Waals surface area contributed by atoms with Crippen molar-refractivity contribution >= 4 is 32.2 Å². The Labute approximate surface area is 111 Å². The van der Waals surface area contributed by atoms with Gasteiger partial charge in [-0.1, -0.05) is 0 Å². The Balaban J connectivity index is 2.16. The minimum Gasteiger partial charge on any atom is -0.382 e. The van der Waals surface area contributed by atoms with E-state index in [4.69, 9.17) is 10.5 Å². The maximum atomic E-state index is 11.7. The molecule has 2 atom stereocenters. The molecule has 0 saturated heterocycles. The Morgan fingerprint density at radius 1 is 1.50 bits per heavy atom. The summed E-state index contributed by atoms with van der Waals surface area (Å²) < 4.78 is 32.5. The highest BCUT2D eigenvalue weighted by Crippen LogP contribution is 2.34. The van der Waals surface area contributed by atoms with Crippen LogP contribution in [0.4, 0.5) is 10.8 Å². The van der Waals surface area contributed by atoms with Crippen LogP contribution >= 0.6 is 11.5 Å². The van der Waals surface area contributed by atoms with Crippen LogP contribution in [0.15, 0.2) is 4.90 Å². The average Bonchev–Trinajstić information content (AvgIpc) is 2.85. The molecule has 0 radical (unpaired) electrons. The fourth-order valence-corrected chi connectivity index (χ4v) is 4.35. The molecule has 0 aliphatic heterocycles. The summed E-state index contributed by atoms with van der Waals surface area (Å²) in [4.78, 5) is 0.119. The normalized spacial score (nSPS) is 24.3. The van der Waals surface area contributed by atoms with Crippen LogP contribution in [0, 0.1) is 0 Å². The SMILES string of the molecule is COC1CCC(Nc2snc(N)c2S(C)(=O)=O)C1. The first kappa shape index (κ1) is 13.6. The Kier molecular flexibility index (Phi) is 3.79. The molecule has 0 bridgehead atoms. The molecule has 1 aliphatic rings. The van der Waals surface area contributed by atoms with E-state index in [1.165, 1.54) is 0 Å². The van der Waals surface area contributed by atoms with Crippen LogP contribution in [-0.4, -0.2) is 38.3 Å². The number of hydrogen-bond acceptors (Lipinski definition) is 7. The number of nitrogen functional groups attached to an aromatic ring is 1. The number of aromatic nitrogens is 1. The second kappa shape index (κ2) is 5.02. The number of nitrogens with zero attached hydrogens (tertiary/aromatic N) is 1. The maximum Gasteiger partial charge on any atom is 0.182 e. The fourth-order valence-electron chi connectivity index (χ4n) is 2.21. The minimum absolute atomic E-state index is 0.0753. The van der Waals surface area contributed by atoms with E-state index < -0.39 is 9.84 Å². The number of nitrogens with two attached hydrogens (primary N) is 1. The van der Waals surface area contributed by atoms with Gasteiger partial charge in [0, 0.05) is 19.4 Å². The summed E-state index contributed by atoms with van der Waals surface area (Å²) in [6, 6.07) is 0.218. The van der Waals surface area contributed by atoms with Crippen molar-refractivity contribution in [2.75, 3.05) is 24.4 Å². The lowest BCUT2D eigenvalue weighted by molar-refractivity contribution is 0.108. The van der Waals surface area contributed by atoms with E-state index in [-0.39, 0.29) is 22.9 Å². The Morgan fingerprint density at radius 2 is 2.22 bits per heavy atom. The van der Waals surface area contributed by atoms with Crippen molar-refractivity contribution in [2.24, 2.45) is 0 Å². The number of hydrogen-bond donors (Lipinski definition) is 2. The topological polar surface area (TPSA) is 94.3 Å². The van der Waals surface area contributed by atoms with Gasteiger partial charge in [0.25, 0.3) is 0 Å². The largest absolute Gasteiger partial charge is 0.382 e. The zero-order chi connectivity index (χ0) is 13.3. The Hall–Kier alpha value is -0.860. The van der Waals surface area contributed by atoms with Gasteiger partial charge < -0.3 is 15.8 Å². The van der Waals surface area contributed by atoms with Gasteiger partial charge in [-0.15, -0.1) is 0 Å². The molecule has 0 amide bonds. The molecular formula is C10H17N3O3S2. The van der Waals surface area contributed by atoms with Crippen LogP contribution in [0.1, 0.15) is 19.3 Å². The molecule has 1 aliphatic carbocycles. The molecule has 0 aromatic carbocycles. The summed E-state index contributed by atoms with van der Waals surface area (Å²) in [5.74, 6) is 0.0753. The third-order valence-electron chi connectivity index (χ3n) is 3.10. The maximum absolute atomic E-state index is 11.7. The smallest absolute Gasteiger partial charge is 0.182 e. The van der Waals surface area contributed by atoms with Crippen LogP contribution in [0.2, 0.25) is 0 Å². The van der Waals surface area contributed by atoms with Gasteiger partial charge in [-0.2, -0.15) is 4.37 Å². The van der Waals surface area contributed by atoms with E-state index in [1.807, 2.05) is 0 Å². The van der Waals surface area contributed by atoms with Crippen molar-refractivity contribution in [3.05, 3.63) is 0 Å². The number of methoxy groups -OCH3 is 1. The first-order valence-corrected chi connectivity index (χ1v) is 8.33. The number of sulfone groups is 1. The van der Waals surface area contributed by atoms with Gasteiger partial charge in [-0.05, 0) is 30.8 Å². The van der Waals surface area contributed by atoms with Crippen molar-refractivity contribution < 1.29 is 13.2 Å². The highest BCUT2D eigenvalue weighted by Gasteiger charge is 2.28. The zero-order valence-corrected chi connectivity index (χ0v) is 12.0. The molecule has 1 fully saturated rings. The molecule has 3 N–H and O–H groups in total. The van der Waals surface area contributed by atoms with E-state index in [2.05, 4.69) is 9.69 Å². The first-order chi connectivity index (χ1) is 8.41. The van der Waals surface area contributed by atoms with Crippen molar-refractivity contribution in [1.82, 2.24) is 4.37 Å². The number of anilines is 2. The molecule has 1 saturated carbocycles. The second-order valence-corrected chi connectivity index (χ2v) is 7.24. The average molecular weight is 291 g/mol.